The number of anilines is 2. The van der Waals surface area contributed by atoms with Gasteiger partial charge in [0.15, 0.2) is 5.82 Å². The number of carbonyl (C=O) groups excluding carboxylic acids is 2. The van der Waals surface area contributed by atoms with E-state index in [1.807, 2.05) is 44.2 Å². The number of aldehydes is 1. The molecule has 1 aliphatic rings. The predicted molar refractivity (Wildman–Crippen MR) is 148 cm³/mol. The number of piperidine rings is 1. The summed E-state index contributed by atoms with van der Waals surface area (Å²) in [5.74, 6) is 0.526. The smallest absolute Gasteiger partial charge is 0.413 e. The molecular formula is C27H34N6O3S. The second kappa shape index (κ2) is 14.8. The Labute approximate surface area is 221 Å². The summed E-state index contributed by atoms with van der Waals surface area (Å²) in [6, 6.07) is 14.9. The molecule has 1 aliphatic heterocycles. The molecule has 3 aromatic rings. The number of likely N-dealkylation sites (tertiary alicyclic amines) is 1. The van der Waals surface area contributed by atoms with Crippen LogP contribution in [-0.2, 0) is 4.74 Å². The number of aromatic nitrogens is 1. The summed E-state index contributed by atoms with van der Waals surface area (Å²) in [4.78, 5) is 30.9. The minimum atomic E-state index is -0.466. The third-order valence-corrected chi connectivity index (χ3v) is 6.75. The molecule has 196 valence electrons. The summed E-state index contributed by atoms with van der Waals surface area (Å²) in [5, 5.41) is 9.58. The average Bonchev–Trinajstić information content (AvgIpc) is 3.41. The van der Waals surface area contributed by atoms with E-state index in [2.05, 4.69) is 25.6 Å². The topological polar surface area (TPSA) is 120 Å². The molecule has 0 spiro atoms. The summed E-state index contributed by atoms with van der Waals surface area (Å²) < 4.78 is 5.65. The Morgan fingerprint density at radius 1 is 1.22 bits per heavy atom. The van der Waals surface area contributed by atoms with Crippen LogP contribution in [0.2, 0.25) is 0 Å². The molecule has 0 bridgehead atoms. The van der Waals surface area contributed by atoms with Gasteiger partial charge in [-0.15, -0.1) is 11.3 Å². The first-order valence-electron chi connectivity index (χ1n) is 12.6. The number of carbonyl (C=O) groups is 2. The molecule has 4 rings (SSSR count). The van der Waals surface area contributed by atoms with Gasteiger partial charge in [-0.05, 0) is 49.6 Å². The van der Waals surface area contributed by atoms with Crippen molar-refractivity contribution in [2.75, 3.05) is 36.8 Å². The van der Waals surface area contributed by atoms with Gasteiger partial charge in [-0.25, -0.2) is 15.3 Å². The van der Waals surface area contributed by atoms with Crippen molar-refractivity contribution < 1.29 is 14.3 Å². The minimum absolute atomic E-state index is 0.110. The highest BCUT2D eigenvalue weighted by molar-refractivity contribution is 7.13. The van der Waals surface area contributed by atoms with Crippen molar-refractivity contribution in [3.05, 3.63) is 59.6 Å². The van der Waals surface area contributed by atoms with Crippen molar-refractivity contribution in [2.45, 2.75) is 39.2 Å². The van der Waals surface area contributed by atoms with Gasteiger partial charge in [0.05, 0.1) is 16.1 Å². The minimum Gasteiger partial charge on any atom is -0.446 e. The number of ether oxygens (including phenoxy) is 1. The van der Waals surface area contributed by atoms with Gasteiger partial charge in [0.1, 0.15) is 18.1 Å². The van der Waals surface area contributed by atoms with Crippen LogP contribution < -0.4 is 10.6 Å². The van der Waals surface area contributed by atoms with Gasteiger partial charge in [0, 0.05) is 25.2 Å². The van der Waals surface area contributed by atoms with Gasteiger partial charge >= 0.3 is 6.09 Å². The number of hydrogen-bond acceptors (Lipinski definition) is 9. The number of nitrogens with zero attached hydrogens (tertiary/aromatic N) is 3. The monoisotopic (exact) mass is 522 g/mol. The first-order chi connectivity index (χ1) is 18.2. The maximum absolute atomic E-state index is 12.5. The largest absolute Gasteiger partial charge is 0.446 e. The molecule has 3 N–H and O–H groups in total. The Morgan fingerprint density at radius 3 is 2.68 bits per heavy atom. The molecule has 37 heavy (non-hydrogen) atoms. The molecule has 1 aromatic heterocycles. The van der Waals surface area contributed by atoms with E-state index in [9.17, 15) is 9.59 Å². The van der Waals surface area contributed by atoms with Gasteiger partial charge in [0.25, 0.3) is 0 Å². The fourth-order valence-corrected chi connectivity index (χ4v) is 4.80. The van der Waals surface area contributed by atoms with Crippen molar-refractivity contribution in [2.24, 2.45) is 5.11 Å². The van der Waals surface area contributed by atoms with Crippen LogP contribution >= 0.6 is 11.3 Å². The molecule has 1 amide bonds. The van der Waals surface area contributed by atoms with E-state index in [-0.39, 0.29) is 6.10 Å². The van der Waals surface area contributed by atoms with Crippen LogP contribution in [0.5, 0.6) is 0 Å². The predicted octanol–water partition coefficient (Wildman–Crippen LogP) is 6.83. The highest BCUT2D eigenvalue weighted by Crippen LogP contribution is 2.31. The lowest BCUT2D eigenvalue weighted by atomic mass is 10.1. The third-order valence-electron chi connectivity index (χ3n) is 5.88. The summed E-state index contributed by atoms with van der Waals surface area (Å²) >= 11 is 1.48. The van der Waals surface area contributed by atoms with Crippen LogP contribution in [0.4, 0.5) is 22.0 Å². The molecule has 9 nitrogen and oxygen atoms in total. The second-order valence-electron chi connectivity index (χ2n) is 8.25. The fraction of sp³-hybridized carbons (Fsp3) is 0.370. The Bertz CT molecular complexity index is 1150. The Balaban J connectivity index is 0.00000186. The highest BCUT2D eigenvalue weighted by Gasteiger charge is 2.23. The standard InChI is InChI=1S/C25H28N6O3S.C2H6/c26-30-22-15-18(16-32)7-8-21(22)27-11-4-12-31-13-9-20(10-14-31)34-25(33)29-24-23(35-17-28-24)19-5-2-1-3-6-19;1-2/h1-3,5-8,15-17,20,26-27H,4,9-14H2,(H,29,33);1-2H3. The van der Waals surface area contributed by atoms with Crippen molar-refractivity contribution in [1.82, 2.24) is 9.88 Å². The van der Waals surface area contributed by atoms with E-state index in [4.69, 9.17) is 10.3 Å². The van der Waals surface area contributed by atoms with Gasteiger partial charge in [-0.3, -0.25) is 10.1 Å². The highest BCUT2D eigenvalue weighted by atomic mass is 32.1. The fourth-order valence-electron chi connectivity index (χ4n) is 4.05. The van der Waals surface area contributed by atoms with E-state index in [0.29, 0.717) is 17.1 Å². The number of thiazole rings is 1. The maximum Gasteiger partial charge on any atom is 0.413 e. The van der Waals surface area contributed by atoms with Crippen LogP contribution in [0.25, 0.3) is 10.4 Å². The van der Waals surface area contributed by atoms with Crippen LogP contribution in [-0.4, -0.2) is 54.5 Å². The van der Waals surface area contributed by atoms with E-state index < -0.39 is 6.09 Å². The lowest BCUT2D eigenvalue weighted by Gasteiger charge is -2.31. The summed E-state index contributed by atoms with van der Waals surface area (Å²) in [6.07, 6.45) is 2.67. The van der Waals surface area contributed by atoms with Gasteiger partial charge in [0.2, 0.25) is 0 Å². The van der Waals surface area contributed by atoms with Crippen LogP contribution in [0.15, 0.2) is 59.2 Å². The van der Waals surface area contributed by atoms with E-state index in [1.54, 1.807) is 23.7 Å². The lowest BCUT2D eigenvalue weighted by molar-refractivity contribution is 0.0589. The molecule has 0 unspecified atom stereocenters. The first-order valence-corrected chi connectivity index (χ1v) is 13.4. The second-order valence-corrected chi connectivity index (χ2v) is 9.11. The Kier molecular flexibility index (Phi) is 11.2. The quantitative estimate of drug-likeness (QED) is 0.153. The molecule has 1 fully saturated rings. The van der Waals surface area contributed by atoms with Gasteiger partial charge in [-0.2, -0.15) is 5.11 Å². The zero-order chi connectivity index (χ0) is 26.5. The van der Waals surface area contributed by atoms with Crippen molar-refractivity contribution >= 4 is 40.9 Å². The maximum atomic E-state index is 12.5. The number of rotatable bonds is 10. The number of benzene rings is 2. The Hall–Kier alpha value is -3.63. The number of hydrogen-bond donors (Lipinski definition) is 3. The molecule has 1 saturated heterocycles. The average molecular weight is 523 g/mol. The zero-order valence-electron chi connectivity index (χ0n) is 21.3. The molecular weight excluding hydrogens is 488 g/mol. The summed E-state index contributed by atoms with van der Waals surface area (Å²) in [7, 11) is 0. The van der Waals surface area contributed by atoms with Crippen molar-refractivity contribution in [1.29, 1.82) is 5.53 Å². The van der Waals surface area contributed by atoms with E-state index >= 15 is 0 Å². The summed E-state index contributed by atoms with van der Waals surface area (Å²) in [5.41, 5.74) is 11.7. The first kappa shape index (κ1) is 27.9. The van der Waals surface area contributed by atoms with Crippen LogP contribution in [0, 0.1) is 5.53 Å². The van der Waals surface area contributed by atoms with Crippen LogP contribution in [0.1, 0.15) is 43.5 Å². The normalized spacial score (nSPS) is 13.7. The number of nitrogens with one attached hydrogen (secondary N) is 3. The summed E-state index contributed by atoms with van der Waals surface area (Å²) in [6.45, 7) is 7.39. The van der Waals surface area contributed by atoms with Crippen LogP contribution in [0.3, 0.4) is 0 Å². The molecule has 0 atom stereocenters. The van der Waals surface area contributed by atoms with Crippen molar-refractivity contribution in [3.8, 4) is 10.4 Å². The van der Waals surface area contributed by atoms with E-state index in [1.165, 1.54) is 11.3 Å². The molecule has 2 aromatic carbocycles. The zero-order valence-corrected chi connectivity index (χ0v) is 22.1. The van der Waals surface area contributed by atoms with Gasteiger partial charge < -0.3 is 15.0 Å². The molecule has 0 saturated carbocycles. The molecule has 0 aliphatic carbocycles. The number of amides is 1. The molecule has 10 heteroatoms. The SMILES string of the molecule is CC.N=Nc1cc(C=O)ccc1NCCCN1CCC(OC(=O)Nc2ncsc2-c2ccccc2)CC1. The molecule has 2 heterocycles. The Morgan fingerprint density at radius 2 is 1.97 bits per heavy atom. The molecule has 0 radical (unpaired) electrons. The van der Waals surface area contributed by atoms with E-state index in [0.717, 1.165) is 67.9 Å². The third kappa shape index (κ3) is 8.19. The van der Waals surface area contributed by atoms with Crippen molar-refractivity contribution in [3.63, 3.8) is 0 Å². The van der Waals surface area contributed by atoms with Gasteiger partial charge in [-0.1, -0.05) is 44.2 Å². The lowest BCUT2D eigenvalue weighted by Crippen LogP contribution is -2.39.